The number of nitrogens with zero attached hydrogens (tertiary/aromatic N) is 4. The van der Waals surface area contributed by atoms with Gasteiger partial charge in [-0.1, -0.05) is 117 Å². The Kier molecular flexibility index (Phi) is 9.67. The van der Waals surface area contributed by atoms with Gasteiger partial charge in [-0.3, -0.25) is 9.59 Å². The molecule has 5 aromatic rings. The van der Waals surface area contributed by atoms with E-state index in [0.717, 1.165) is 45.1 Å². The number of rotatable bonds is 7. The number of allylic oxidation sites excluding steroid dienone is 5. The average Bonchev–Trinajstić information content (AvgIpc) is 3.24. The van der Waals surface area contributed by atoms with E-state index in [4.69, 9.17) is 10.8 Å². The van der Waals surface area contributed by atoms with Gasteiger partial charge in [-0.2, -0.15) is 0 Å². The third-order valence-electron chi connectivity index (χ3n) is 10.4. The molecule has 2 aliphatic heterocycles. The van der Waals surface area contributed by atoms with Crippen LogP contribution in [-0.2, 0) is 0 Å². The summed E-state index contributed by atoms with van der Waals surface area (Å²) in [5.41, 5.74) is 14.9. The molecule has 0 bridgehead atoms. The van der Waals surface area contributed by atoms with E-state index in [1.165, 1.54) is 0 Å². The van der Waals surface area contributed by atoms with Crippen molar-refractivity contribution in [2.24, 2.45) is 22.7 Å². The number of ketones is 2. The Morgan fingerprint density at radius 2 is 1.27 bits per heavy atom. The molecule has 7 nitrogen and oxygen atoms in total. The van der Waals surface area contributed by atoms with Crippen molar-refractivity contribution in [2.45, 2.75) is 13.0 Å². The first-order valence-corrected chi connectivity index (χ1v) is 18.5. The van der Waals surface area contributed by atoms with Gasteiger partial charge in [0.2, 0.25) is 0 Å². The molecule has 0 spiro atoms. The van der Waals surface area contributed by atoms with Crippen LogP contribution in [0, 0.1) is 11.8 Å². The van der Waals surface area contributed by atoms with Crippen LogP contribution in [0.5, 0.6) is 0 Å². The molecule has 0 radical (unpaired) electrons. The van der Waals surface area contributed by atoms with Crippen molar-refractivity contribution in [3.8, 4) is 0 Å². The molecular formula is C48H41N5O2. The molecule has 3 atom stereocenters. The number of anilines is 5. The Bertz CT molecular complexity index is 2410. The molecule has 0 saturated heterocycles. The fraction of sp³-hybridized carbons (Fsp3) is 0.104. The molecule has 0 saturated carbocycles. The van der Waals surface area contributed by atoms with Crippen LogP contribution in [0.4, 0.5) is 28.4 Å². The summed E-state index contributed by atoms with van der Waals surface area (Å²) in [5, 5.41) is 6.70. The fourth-order valence-corrected chi connectivity index (χ4v) is 7.45. The van der Waals surface area contributed by atoms with Crippen molar-refractivity contribution in [1.82, 2.24) is 0 Å². The lowest BCUT2D eigenvalue weighted by molar-refractivity contribution is 0.0928. The SMILES string of the molecule is C=C(c1ccc(N2c3ccccc3C(=O)C3C=CC=C[C@H]32)cc1)N(/N=C(\N)c1ccc(N2C/C=C\C=C/[C@H](C)C(=O)c3ccccc32)cc1)c1ccccc1. The van der Waals surface area contributed by atoms with Crippen LogP contribution in [0.15, 0.2) is 188 Å². The van der Waals surface area contributed by atoms with Crippen LogP contribution < -0.4 is 20.5 Å². The summed E-state index contributed by atoms with van der Waals surface area (Å²) in [6.45, 7) is 6.99. The van der Waals surface area contributed by atoms with E-state index in [1.54, 1.807) is 5.01 Å². The zero-order valence-corrected chi connectivity index (χ0v) is 30.6. The summed E-state index contributed by atoms with van der Waals surface area (Å²) in [7, 11) is 0. The number of hydrazone groups is 1. The molecule has 8 rings (SSSR count). The van der Waals surface area contributed by atoms with Gasteiger partial charge in [0.05, 0.1) is 34.7 Å². The van der Waals surface area contributed by atoms with Crippen LogP contribution in [-0.4, -0.2) is 30.0 Å². The monoisotopic (exact) mass is 719 g/mol. The first-order valence-electron chi connectivity index (χ1n) is 18.5. The van der Waals surface area contributed by atoms with Crippen LogP contribution in [0.25, 0.3) is 5.70 Å². The van der Waals surface area contributed by atoms with Gasteiger partial charge < -0.3 is 15.5 Å². The molecular weight excluding hydrogens is 679 g/mol. The maximum absolute atomic E-state index is 13.4. The molecule has 5 aromatic carbocycles. The predicted octanol–water partition coefficient (Wildman–Crippen LogP) is 10.0. The van der Waals surface area contributed by atoms with Gasteiger partial charge in [-0.05, 0) is 78.4 Å². The van der Waals surface area contributed by atoms with Gasteiger partial charge in [0, 0.05) is 40.5 Å². The largest absolute Gasteiger partial charge is 0.382 e. The Morgan fingerprint density at radius 1 is 0.673 bits per heavy atom. The van der Waals surface area contributed by atoms with Crippen molar-refractivity contribution in [3.05, 3.63) is 205 Å². The lowest BCUT2D eigenvalue weighted by Gasteiger charge is -2.41. The third-order valence-corrected chi connectivity index (χ3v) is 10.4. The highest BCUT2D eigenvalue weighted by Crippen LogP contribution is 2.42. The van der Waals surface area contributed by atoms with Crippen molar-refractivity contribution >= 4 is 51.5 Å². The lowest BCUT2D eigenvalue weighted by Crippen LogP contribution is -2.44. The number of benzene rings is 5. The van der Waals surface area contributed by atoms with Crippen LogP contribution in [0.1, 0.15) is 38.8 Å². The number of fused-ring (bicyclic) bond motifs is 3. The highest BCUT2D eigenvalue weighted by atomic mass is 16.1. The smallest absolute Gasteiger partial charge is 0.174 e. The summed E-state index contributed by atoms with van der Waals surface area (Å²) in [4.78, 5) is 31.2. The van der Waals surface area contributed by atoms with Gasteiger partial charge in [-0.25, -0.2) is 5.01 Å². The van der Waals surface area contributed by atoms with E-state index >= 15 is 0 Å². The number of hydrogen-bond donors (Lipinski definition) is 1. The normalized spacial score (nSPS) is 20.2. The Labute approximate surface area is 322 Å². The summed E-state index contributed by atoms with van der Waals surface area (Å²) in [5.74, 6) is 0.0529. The molecule has 0 aromatic heterocycles. The average molecular weight is 720 g/mol. The minimum atomic E-state index is -0.254. The maximum Gasteiger partial charge on any atom is 0.174 e. The number of para-hydroxylation sites is 3. The summed E-state index contributed by atoms with van der Waals surface area (Å²) in [6, 6.07) is 41.4. The number of amidine groups is 1. The van der Waals surface area contributed by atoms with Crippen LogP contribution in [0.2, 0.25) is 0 Å². The minimum Gasteiger partial charge on any atom is -0.382 e. The van der Waals surface area contributed by atoms with Gasteiger partial charge in [-0.15, -0.1) is 5.10 Å². The van der Waals surface area contributed by atoms with Gasteiger partial charge in [0.1, 0.15) is 0 Å². The Morgan fingerprint density at radius 3 is 2.02 bits per heavy atom. The molecule has 7 heteroatoms. The van der Waals surface area contributed by atoms with E-state index in [9.17, 15) is 9.59 Å². The van der Waals surface area contributed by atoms with Crippen molar-refractivity contribution in [1.29, 1.82) is 0 Å². The molecule has 3 aliphatic rings. The second kappa shape index (κ2) is 15.2. The van der Waals surface area contributed by atoms with Crippen LogP contribution >= 0.6 is 0 Å². The maximum atomic E-state index is 13.4. The highest BCUT2D eigenvalue weighted by molar-refractivity contribution is 6.08. The van der Waals surface area contributed by atoms with Crippen molar-refractivity contribution in [2.75, 3.05) is 21.4 Å². The van der Waals surface area contributed by atoms with Gasteiger partial charge >= 0.3 is 0 Å². The molecule has 55 heavy (non-hydrogen) atoms. The third kappa shape index (κ3) is 6.84. The molecule has 2 N–H and O–H groups in total. The van der Waals surface area contributed by atoms with Crippen LogP contribution in [0.3, 0.4) is 0 Å². The zero-order valence-electron chi connectivity index (χ0n) is 30.6. The number of nitrogens with two attached hydrogens (primary N) is 1. The summed E-state index contributed by atoms with van der Waals surface area (Å²) >= 11 is 0. The quantitative estimate of drug-likeness (QED) is 0.102. The second-order valence-corrected chi connectivity index (χ2v) is 13.8. The summed E-state index contributed by atoms with van der Waals surface area (Å²) in [6.07, 6.45) is 16.0. The first kappa shape index (κ1) is 35.1. The molecule has 1 unspecified atom stereocenters. The van der Waals surface area contributed by atoms with E-state index in [0.29, 0.717) is 23.6 Å². The summed E-state index contributed by atoms with van der Waals surface area (Å²) < 4.78 is 0. The first-order chi connectivity index (χ1) is 26.9. The standard InChI is InChI=1S/C48H41N5O2/c1-33-15-5-4-14-32-51(43-21-11-8-18-40(43)46(33)54)37-28-26-36(27-29-37)48(49)50-53(39-16-6-3-7-17-39)34(2)35-24-30-38(31-25-35)52-44-22-12-9-19-41(44)47(55)42-20-10-13-23-45(42)52/h3-31,33,41,44H,2,32H2,1H3,(H2,49,50)/b14-4-,15-5-/t33-,41?,44+/m0/s1. The minimum absolute atomic E-state index is 0.0803. The zero-order chi connectivity index (χ0) is 37.9. The van der Waals surface area contributed by atoms with E-state index in [2.05, 4.69) is 40.7 Å². The Balaban J connectivity index is 1.09. The molecule has 0 fully saturated rings. The fourth-order valence-electron chi connectivity index (χ4n) is 7.45. The number of carbonyl (C=O) groups is 2. The molecule has 0 amide bonds. The lowest BCUT2D eigenvalue weighted by atomic mass is 9.81. The molecule has 1 aliphatic carbocycles. The second-order valence-electron chi connectivity index (χ2n) is 13.8. The van der Waals surface area contributed by atoms with E-state index in [1.807, 2.05) is 159 Å². The molecule has 2 heterocycles. The number of hydrogen-bond acceptors (Lipinski definition) is 6. The van der Waals surface area contributed by atoms with Gasteiger partial charge in [0.25, 0.3) is 0 Å². The predicted molar refractivity (Wildman–Crippen MR) is 225 cm³/mol. The van der Waals surface area contributed by atoms with E-state index in [-0.39, 0.29) is 29.4 Å². The Hall–Kier alpha value is -6.99. The number of Topliss-reactive ketones (excluding diaryl/α,β-unsaturated/α-hetero) is 2. The van der Waals surface area contributed by atoms with Crippen molar-refractivity contribution < 1.29 is 9.59 Å². The highest BCUT2D eigenvalue weighted by Gasteiger charge is 2.39. The van der Waals surface area contributed by atoms with Gasteiger partial charge in [0.15, 0.2) is 17.4 Å². The number of carbonyl (C=O) groups excluding carboxylic acids is 2. The topological polar surface area (TPSA) is 82.2 Å². The van der Waals surface area contributed by atoms with E-state index < -0.39 is 0 Å². The van der Waals surface area contributed by atoms with Crippen molar-refractivity contribution in [3.63, 3.8) is 0 Å². The molecule has 270 valence electrons.